The number of amides is 1. The Morgan fingerprint density at radius 2 is 2.14 bits per heavy atom. The number of thioether (sulfide) groups is 1. The van der Waals surface area contributed by atoms with E-state index in [0.717, 1.165) is 34.5 Å². The quantitative estimate of drug-likeness (QED) is 0.520. The number of hydrogen-bond acceptors (Lipinski definition) is 5. The van der Waals surface area contributed by atoms with Gasteiger partial charge in [-0.3, -0.25) is 14.2 Å². The Morgan fingerprint density at radius 1 is 1.36 bits per heavy atom. The number of carbonyl (C=O) groups excluding carboxylic acids is 1. The van der Waals surface area contributed by atoms with Gasteiger partial charge in [-0.1, -0.05) is 36.0 Å². The molecule has 1 N–H and O–H groups in total. The lowest BCUT2D eigenvalue weighted by atomic mass is 9.88. The van der Waals surface area contributed by atoms with Crippen LogP contribution in [0.25, 0.3) is 10.2 Å². The summed E-state index contributed by atoms with van der Waals surface area (Å²) in [6, 6.07) is 8.39. The van der Waals surface area contributed by atoms with Crippen molar-refractivity contribution in [2.24, 2.45) is 7.05 Å². The van der Waals surface area contributed by atoms with Gasteiger partial charge in [0.2, 0.25) is 5.91 Å². The number of nitrogens with one attached hydrogen (secondary N) is 1. The second kappa shape index (κ2) is 7.72. The molecule has 146 valence electrons. The molecule has 1 aromatic carbocycles. The van der Waals surface area contributed by atoms with E-state index in [1.54, 1.807) is 11.6 Å². The fourth-order valence-electron chi connectivity index (χ4n) is 3.76. The van der Waals surface area contributed by atoms with Crippen molar-refractivity contribution in [1.29, 1.82) is 0 Å². The molecule has 1 amide bonds. The zero-order chi connectivity index (χ0) is 19.8. The van der Waals surface area contributed by atoms with Crippen molar-refractivity contribution in [2.75, 3.05) is 5.75 Å². The fraction of sp³-hybridized carbons (Fsp3) is 0.381. The summed E-state index contributed by atoms with van der Waals surface area (Å²) in [6.45, 7) is 3.96. The third-order valence-electron chi connectivity index (χ3n) is 5.41. The van der Waals surface area contributed by atoms with Gasteiger partial charge in [-0.15, -0.1) is 11.3 Å². The smallest absolute Gasteiger partial charge is 0.262 e. The maximum Gasteiger partial charge on any atom is 0.262 e. The predicted octanol–water partition coefficient (Wildman–Crippen LogP) is 3.90. The van der Waals surface area contributed by atoms with Gasteiger partial charge >= 0.3 is 0 Å². The molecule has 1 unspecified atom stereocenters. The van der Waals surface area contributed by atoms with E-state index in [4.69, 9.17) is 0 Å². The Balaban J connectivity index is 1.49. The molecule has 0 aliphatic heterocycles. The number of nitrogens with zero attached hydrogens (tertiary/aromatic N) is 2. The fourth-order valence-corrected chi connectivity index (χ4v) is 5.61. The van der Waals surface area contributed by atoms with E-state index >= 15 is 0 Å². The van der Waals surface area contributed by atoms with Crippen LogP contribution in [-0.4, -0.2) is 21.2 Å². The first-order chi connectivity index (χ1) is 13.5. The van der Waals surface area contributed by atoms with Crippen molar-refractivity contribution in [3.8, 4) is 0 Å². The first-order valence-electron chi connectivity index (χ1n) is 9.42. The lowest BCUT2D eigenvalue weighted by molar-refractivity contribution is -0.119. The molecular formula is C21H23N3O2S2. The van der Waals surface area contributed by atoms with Crippen LogP contribution in [0.2, 0.25) is 0 Å². The molecule has 4 rings (SSSR count). The van der Waals surface area contributed by atoms with Crippen LogP contribution in [0.3, 0.4) is 0 Å². The van der Waals surface area contributed by atoms with Gasteiger partial charge in [-0.2, -0.15) is 0 Å². The van der Waals surface area contributed by atoms with Gasteiger partial charge in [0.1, 0.15) is 4.83 Å². The van der Waals surface area contributed by atoms with Crippen LogP contribution in [-0.2, 0) is 18.3 Å². The average Bonchev–Trinajstić information content (AvgIpc) is 2.97. The molecule has 1 aliphatic rings. The highest BCUT2D eigenvalue weighted by Gasteiger charge is 2.22. The van der Waals surface area contributed by atoms with Gasteiger partial charge in [0.15, 0.2) is 5.16 Å². The second-order valence-electron chi connectivity index (χ2n) is 7.22. The number of aromatic nitrogens is 2. The maximum atomic E-state index is 12.7. The van der Waals surface area contributed by atoms with Crippen LogP contribution in [0.4, 0.5) is 0 Å². The summed E-state index contributed by atoms with van der Waals surface area (Å²) in [5.41, 5.74) is 3.50. The molecule has 1 aliphatic carbocycles. The first kappa shape index (κ1) is 19.2. The van der Waals surface area contributed by atoms with Crippen molar-refractivity contribution in [3.05, 3.63) is 56.2 Å². The van der Waals surface area contributed by atoms with Crippen molar-refractivity contribution in [1.82, 2.24) is 14.9 Å². The number of benzene rings is 1. The zero-order valence-corrected chi connectivity index (χ0v) is 17.9. The molecule has 7 heteroatoms. The molecular weight excluding hydrogens is 390 g/mol. The summed E-state index contributed by atoms with van der Waals surface area (Å²) in [5.74, 6) is 0.216. The van der Waals surface area contributed by atoms with E-state index in [1.807, 2.05) is 19.9 Å². The van der Waals surface area contributed by atoms with E-state index in [2.05, 4.69) is 28.5 Å². The van der Waals surface area contributed by atoms with Crippen LogP contribution in [0, 0.1) is 13.8 Å². The highest BCUT2D eigenvalue weighted by Crippen LogP contribution is 2.30. The minimum atomic E-state index is -0.0454. The third kappa shape index (κ3) is 3.49. The summed E-state index contributed by atoms with van der Waals surface area (Å²) in [7, 11) is 1.72. The third-order valence-corrected chi connectivity index (χ3v) is 7.54. The minimum Gasteiger partial charge on any atom is -0.349 e. The summed E-state index contributed by atoms with van der Waals surface area (Å²) >= 11 is 2.85. The molecule has 0 radical (unpaired) electrons. The monoisotopic (exact) mass is 413 g/mol. The van der Waals surface area contributed by atoms with Crippen molar-refractivity contribution in [3.63, 3.8) is 0 Å². The van der Waals surface area contributed by atoms with Crippen LogP contribution in [0.5, 0.6) is 0 Å². The van der Waals surface area contributed by atoms with E-state index in [1.165, 1.54) is 34.2 Å². The molecule has 0 spiro atoms. The van der Waals surface area contributed by atoms with E-state index < -0.39 is 0 Å². The number of fused-ring (bicyclic) bond motifs is 2. The molecule has 2 heterocycles. The Bertz CT molecular complexity index is 1120. The highest BCUT2D eigenvalue weighted by molar-refractivity contribution is 7.99. The lowest BCUT2D eigenvalue weighted by Gasteiger charge is -2.26. The van der Waals surface area contributed by atoms with Crippen molar-refractivity contribution < 1.29 is 4.79 Å². The second-order valence-corrected chi connectivity index (χ2v) is 9.37. The van der Waals surface area contributed by atoms with Crippen LogP contribution in [0.1, 0.15) is 40.5 Å². The molecule has 0 bridgehead atoms. The molecule has 1 atom stereocenters. The highest BCUT2D eigenvalue weighted by atomic mass is 32.2. The number of hydrogen-bond donors (Lipinski definition) is 1. The largest absolute Gasteiger partial charge is 0.349 e. The number of carbonyl (C=O) groups is 1. The van der Waals surface area contributed by atoms with Gasteiger partial charge in [-0.05, 0) is 49.8 Å². The maximum absolute atomic E-state index is 12.7. The summed E-state index contributed by atoms with van der Waals surface area (Å²) in [6.07, 6.45) is 3.12. The summed E-state index contributed by atoms with van der Waals surface area (Å²) in [4.78, 5) is 31.8. The van der Waals surface area contributed by atoms with Gasteiger partial charge in [-0.25, -0.2) is 4.98 Å². The average molecular weight is 414 g/mol. The van der Waals surface area contributed by atoms with Crippen molar-refractivity contribution in [2.45, 2.75) is 44.3 Å². The lowest BCUT2D eigenvalue weighted by Crippen LogP contribution is -2.32. The molecule has 0 fully saturated rings. The zero-order valence-electron chi connectivity index (χ0n) is 16.2. The Kier molecular flexibility index (Phi) is 5.29. The standard InChI is InChI=1S/C21H23N3O2S2/c1-12-13(2)28-19-18(12)20(26)24(3)21(23-19)27-11-17(25)22-16-10-6-8-14-7-4-5-9-15(14)16/h4-5,7,9,16H,6,8,10-11H2,1-3H3,(H,22,25). The topological polar surface area (TPSA) is 64.0 Å². The SMILES string of the molecule is Cc1sc2nc(SCC(=O)NC3CCCc4ccccc43)n(C)c(=O)c2c1C. The molecule has 2 aromatic heterocycles. The Labute approximate surface area is 172 Å². The van der Waals surface area contributed by atoms with Gasteiger partial charge < -0.3 is 5.32 Å². The first-order valence-corrected chi connectivity index (χ1v) is 11.2. The number of rotatable bonds is 4. The molecule has 5 nitrogen and oxygen atoms in total. The molecule has 28 heavy (non-hydrogen) atoms. The Hall–Kier alpha value is -2.12. The van der Waals surface area contributed by atoms with Crippen molar-refractivity contribution >= 4 is 39.2 Å². The van der Waals surface area contributed by atoms with Gasteiger partial charge in [0.25, 0.3) is 5.56 Å². The van der Waals surface area contributed by atoms with Gasteiger partial charge in [0.05, 0.1) is 17.2 Å². The van der Waals surface area contributed by atoms with Gasteiger partial charge in [0, 0.05) is 11.9 Å². The summed E-state index contributed by atoms with van der Waals surface area (Å²) < 4.78 is 1.55. The molecule has 0 saturated carbocycles. The Morgan fingerprint density at radius 3 is 2.96 bits per heavy atom. The van der Waals surface area contributed by atoms with E-state index in [0.29, 0.717) is 10.5 Å². The minimum absolute atomic E-state index is 0.0282. The predicted molar refractivity (Wildman–Crippen MR) is 115 cm³/mol. The molecule has 0 saturated heterocycles. The summed E-state index contributed by atoms with van der Waals surface area (Å²) in [5, 5.41) is 4.43. The molecule has 3 aromatic rings. The normalized spacial score (nSPS) is 16.2. The van der Waals surface area contributed by atoms with E-state index in [-0.39, 0.29) is 23.3 Å². The van der Waals surface area contributed by atoms with Crippen LogP contribution >= 0.6 is 23.1 Å². The van der Waals surface area contributed by atoms with Crippen LogP contribution < -0.4 is 10.9 Å². The number of aryl methyl sites for hydroxylation is 3. The van der Waals surface area contributed by atoms with Crippen LogP contribution in [0.15, 0.2) is 34.2 Å². The number of thiophene rings is 1. The van der Waals surface area contributed by atoms with E-state index in [9.17, 15) is 9.59 Å².